The Morgan fingerprint density at radius 1 is 1.53 bits per heavy atom. The fourth-order valence-corrected chi connectivity index (χ4v) is 1.54. The van der Waals surface area contributed by atoms with Crippen LogP contribution in [-0.2, 0) is 0 Å². The monoisotopic (exact) mass is 261 g/mol. The van der Waals surface area contributed by atoms with Gasteiger partial charge in [0.1, 0.15) is 5.82 Å². The van der Waals surface area contributed by atoms with E-state index in [-0.39, 0.29) is 0 Å². The highest BCUT2D eigenvalue weighted by Gasteiger charge is 2.07. The van der Waals surface area contributed by atoms with Crippen LogP contribution in [-0.4, -0.2) is 43.1 Å². The number of aryl methyl sites for hydroxylation is 2. The summed E-state index contributed by atoms with van der Waals surface area (Å²) in [5.74, 6) is 1.32. The lowest BCUT2D eigenvalue weighted by Gasteiger charge is -2.19. The summed E-state index contributed by atoms with van der Waals surface area (Å²) in [4.78, 5) is 15.0. The number of rotatable bonds is 4. The predicted molar refractivity (Wildman–Crippen MR) is 74.9 cm³/mol. The Morgan fingerprint density at radius 2 is 2.26 bits per heavy atom. The molecule has 2 N–H and O–H groups in total. The minimum Gasteiger partial charge on any atom is -0.359 e. The zero-order valence-corrected chi connectivity index (χ0v) is 11.7. The Hall–Kier alpha value is -2.36. The number of likely N-dealkylation sites (N-methyl/N-ethyl adjacent to an activating group) is 1. The molecule has 0 atom stereocenters. The minimum atomic E-state index is 0.461. The molecule has 0 unspecified atom stereocenters. The first-order chi connectivity index (χ1) is 9.08. The third-order valence-electron chi connectivity index (χ3n) is 2.53. The van der Waals surface area contributed by atoms with Gasteiger partial charge in [-0.05, 0) is 13.8 Å². The second-order valence-corrected chi connectivity index (χ2v) is 4.06. The Labute approximate surface area is 113 Å². The van der Waals surface area contributed by atoms with Crippen LogP contribution in [0.3, 0.4) is 0 Å². The minimum absolute atomic E-state index is 0.461. The lowest BCUT2D eigenvalue weighted by molar-refractivity contribution is 0.840. The zero-order chi connectivity index (χ0) is 14.3. The predicted octanol–water partition coefficient (Wildman–Crippen LogP) is 0.176. The van der Waals surface area contributed by atoms with Crippen molar-refractivity contribution in [3.05, 3.63) is 17.6 Å². The maximum Gasteiger partial charge on any atom is 0.204 e. The van der Waals surface area contributed by atoms with Crippen LogP contribution < -0.4 is 15.5 Å². The van der Waals surface area contributed by atoms with Crippen LogP contribution in [0.25, 0.3) is 0 Å². The fraction of sp³-hybridized carbons (Fsp3) is 0.500. The van der Waals surface area contributed by atoms with Gasteiger partial charge in [0.05, 0.1) is 17.9 Å². The highest BCUT2D eigenvalue weighted by molar-refractivity contribution is 5.80. The average Bonchev–Trinajstić information content (AvgIpc) is 2.40. The van der Waals surface area contributed by atoms with Gasteiger partial charge in [-0.1, -0.05) is 0 Å². The molecule has 0 aliphatic carbocycles. The summed E-state index contributed by atoms with van der Waals surface area (Å²) in [6, 6.07) is 0. The molecule has 0 saturated heterocycles. The number of hydrogen-bond donors (Lipinski definition) is 2. The molecular formula is C12H19N7. The van der Waals surface area contributed by atoms with Crippen LogP contribution in [0, 0.1) is 25.3 Å². The summed E-state index contributed by atoms with van der Waals surface area (Å²) < 4.78 is 0. The van der Waals surface area contributed by atoms with E-state index in [0.29, 0.717) is 19.0 Å². The van der Waals surface area contributed by atoms with Crippen LogP contribution in [0.4, 0.5) is 5.82 Å². The smallest absolute Gasteiger partial charge is 0.204 e. The molecule has 0 bridgehead atoms. The normalized spacial score (nSPS) is 10.8. The Kier molecular flexibility index (Phi) is 5.54. The Bertz CT molecular complexity index is 489. The molecule has 1 rings (SSSR count). The fourth-order valence-electron chi connectivity index (χ4n) is 1.54. The molecule has 0 aliphatic heterocycles. The SMILES string of the molecule is CNC(=NCCN(C)c1nc(C)cnc1C)NC#N. The summed E-state index contributed by atoms with van der Waals surface area (Å²) in [6.45, 7) is 5.09. The van der Waals surface area contributed by atoms with E-state index in [9.17, 15) is 0 Å². The zero-order valence-electron chi connectivity index (χ0n) is 11.7. The average molecular weight is 261 g/mol. The Morgan fingerprint density at radius 3 is 2.89 bits per heavy atom. The van der Waals surface area contributed by atoms with E-state index >= 15 is 0 Å². The van der Waals surface area contributed by atoms with E-state index in [1.54, 1.807) is 13.2 Å². The number of aliphatic imine (C=N–C) groups is 1. The van der Waals surface area contributed by atoms with Crippen molar-refractivity contribution in [2.24, 2.45) is 4.99 Å². The summed E-state index contributed by atoms with van der Waals surface area (Å²) >= 11 is 0. The van der Waals surface area contributed by atoms with Crippen LogP contribution in [0.2, 0.25) is 0 Å². The standard InChI is InChI=1S/C12H19N7/c1-9-7-16-10(2)11(18-9)19(4)6-5-15-12(14-3)17-8-13/h7H,5-6H2,1-4H3,(H2,14,15,17). The van der Waals surface area contributed by atoms with Crippen molar-refractivity contribution in [2.75, 3.05) is 32.1 Å². The van der Waals surface area contributed by atoms with Gasteiger partial charge in [-0.15, -0.1) is 0 Å². The molecule has 0 amide bonds. The van der Waals surface area contributed by atoms with Crippen LogP contribution >= 0.6 is 0 Å². The number of aromatic nitrogens is 2. The molecule has 19 heavy (non-hydrogen) atoms. The van der Waals surface area contributed by atoms with Crippen molar-refractivity contribution < 1.29 is 0 Å². The first-order valence-corrected chi connectivity index (χ1v) is 5.97. The molecule has 1 aromatic heterocycles. The number of nitrogens with zero attached hydrogens (tertiary/aromatic N) is 5. The van der Waals surface area contributed by atoms with E-state index in [2.05, 4.69) is 25.6 Å². The van der Waals surface area contributed by atoms with Crippen molar-refractivity contribution in [1.82, 2.24) is 20.6 Å². The van der Waals surface area contributed by atoms with Gasteiger partial charge in [0.25, 0.3) is 0 Å². The number of nitriles is 1. The van der Waals surface area contributed by atoms with Crippen molar-refractivity contribution >= 4 is 11.8 Å². The largest absolute Gasteiger partial charge is 0.359 e. The van der Waals surface area contributed by atoms with Gasteiger partial charge in [0.15, 0.2) is 6.19 Å². The summed E-state index contributed by atoms with van der Waals surface area (Å²) in [5.41, 5.74) is 1.78. The van der Waals surface area contributed by atoms with Gasteiger partial charge >= 0.3 is 0 Å². The molecule has 7 heteroatoms. The topological polar surface area (TPSA) is 89.2 Å². The lowest BCUT2D eigenvalue weighted by Crippen LogP contribution is -2.32. The third kappa shape index (κ3) is 4.43. The van der Waals surface area contributed by atoms with Crippen LogP contribution in [0.5, 0.6) is 0 Å². The van der Waals surface area contributed by atoms with Gasteiger partial charge in [-0.2, -0.15) is 5.26 Å². The second kappa shape index (κ2) is 7.16. The summed E-state index contributed by atoms with van der Waals surface area (Å²) in [7, 11) is 3.66. The van der Waals surface area contributed by atoms with Crippen LogP contribution in [0.15, 0.2) is 11.2 Å². The molecule has 1 aromatic rings. The first kappa shape index (κ1) is 14.7. The lowest BCUT2D eigenvalue weighted by atomic mass is 10.4. The molecule has 102 valence electrons. The quantitative estimate of drug-likeness (QED) is 0.348. The molecule has 0 radical (unpaired) electrons. The maximum atomic E-state index is 8.51. The highest BCUT2D eigenvalue weighted by atomic mass is 15.2. The number of guanidine groups is 1. The van der Waals surface area contributed by atoms with E-state index in [1.165, 1.54) is 0 Å². The number of nitrogens with one attached hydrogen (secondary N) is 2. The molecule has 0 fully saturated rings. The molecule has 1 heterocycles. The van der Waals surface area contributed by atoms with Crippen molar-refractivity contribution in [2.45, 2.75) is 13.8 Å². The van der Waals surface area contributed by atoms with Crippen LogP contribution in [0.1, 0.15) is 11.4 Å². The molecule has 0 spiro atoms. The van der Waals surface area contributed by atoms with E-state index < -0.39 is 0 Å². The van der Waals surface area contributed by atoms with Gasteiger partial charge in [-0.3, -0.25) is 15.3 Å². The molecular weight excluding hydrogens is 242 g/mol. The first-order valence-electron chi connectivity index (χ1n) is 5.97. The van der Waals surface area contributed by atoms with Gasteiger partial charge in [0, 0.05) is 26.8 Å². The Balaban J connectivity index is 2.63. The summed E-state index contributed by atoms with van der Waals surface area (Å²) in [5, 5.41) is 13.8. The molecule has 0 saturated carbocycles. The molecule has 0 aromatic carbocycles. The number of anilines is 1. The van der Waals surface area contributed by atoms with Crippen molar-refractivity contribution in [3.63, 3.8) is 0 Å². The summed E-state index contributed by atoms with van der Waals surface area (Å²) in [6.07, 6.45) is 3.58. The number of hydrogen-bond acceptors (Lipinski definition) is 5. The van der Waals surface area contributed by atoms with Crippen molar-refractivity contribution in [3.8, 4) is 6.19 Å². The molecule has 0 aliphatic rings. The highest BCUT2D eigenvalue weighted by Crippen LogP contribution is 2.12. The van der Waals surface area contributed by atoms with E-state index in [4.69, 9.17) is 5.26 Å². The third-order valence-corrected chi connectivity index (χ3v) is 2.53. The van der Waals surface area contributed by atoms with E-state index in [0.717, 1.165) is 17.2 Å². The van der Waals surface area contributed by atoms with E-state index in [1.807, 2.05) is 32.0 Å². The maximum absolute atomic E-state index is 8.51. The van der Waals surface area contributed by atoms with Gasteiger partial charge in [-0.25, -0.2) is 4.98 Å². The van der Waals surface area contributed by atoms with Gasteiger partial charge in [0.2, 0.25) is 5.96 Å². The molecule has 7 nitrogen and oxygen atoms in total. The second-order valence-electron chi connectivity index (χ2n) is 4.06. The van der Waals surface area contributed by atoms with Crippen molar-refractivity contribution in [1.29, 1.82) is 5.26 Å². The van der Waals surface area contributed by atoms with Gasteiger partial charge < -0.3 is 10.2 Å².